The minimum absolute atomic E-state index is 0.240. The van der Waals surface area contributed by atoms with Gasteiger partial charge >= 0.3 is 11.8 Å². The average Bonchev–Trinajstić information content (AvgIpc) is 2.80. The van der Waals surface area contributed by atoms with Crippen molar-refractivity contribution in [3.05, 3.63) is 43.3 Å². The molecular formula is C10H11FN6O5. The van der Waals surface area contributed by atoms with Crippen molar-refractivity contribution in [2.75, 3.05) is 13.7 Å². The predicted molar refractivity (Wildman–Crippen MR) is 68.4 cm³/mol. The number of hydrogen-bond donors (Lipinski definition) is 2. The number of carbonyl (C=O) groups excluding carboxylic acids is 1. The van der Waals surface area contributed by atoms with Crippen LogP contribution < -0.4 is 11.2 Å². The van der Waals surface area contributed by atoms with Gasteiger partial charge in [0, 0.05) is 11.5 Å². The fourth-order valence-corrected chi connectivity index (χ4v) is 2.24. The number of azide groups is 1. The number of nitrogens with one attached hydrogen (secondary N) is 1. The zero-order chi connectivity index (χ0) is 16.4. The van der Waals surface area contributed by atoms with Gasteiger partial charge in [0.2, 0.25) is 5.82 Å². The summed E-state index contributed by atoms with van der Waals surface area (Å²) in [7, 11) is 1.07. The van der Waals surface area contributed by atoms with Crippen LogP contribution in [0.3, 0.4) is 0 Å². The second-order valence-electron chi connectivity index (χ2n) is 4.44. The molecule has 1 amide bonds. The number of H-pyrrole nitrogens is 1. The zero-order valence-electron chi connectivity index (χ0n) is 11.2. The number of aromatic nitrogens is 2. The fraction of sp³-hybridized carbons (Fsp3) is 0.500. The molecule has 2 N–H and O–H groups in total. The molecule has 11 nitrogen and oxygen atoms in total. The first kappa shape index (κ1) is 15.5. The standard InChI is InChI=1S/C10H11FN6O5/c1-22-10(21)17-3-5(14-15-12)6(18)8(17)16-2-4(11)7(19)13-9(16)20/h2,5-6,8,18H,3H2,1H3,(H,13,19,20)/t5-,6+,8-/m1/s1. The SMILES string of the molecule is COC(=O)N1C[C@@H](N=[N+]=[N-])[C@H](O)[C@@H]1n1cc(F)c(=O)[nH]c1=O. The lowest BCUT2D eigenvalue weighted by Gasteiger charge is -2.26. The minimum Gasteiger partial charge on any atom is -0.453 e. The van der Waals surface area contributed by atoms with E-state index in [-0.39, 0.29) is 6.54 Å². The lowest BCUT2D eigenvalue weighted by atomic mass is 10.2. The van der Waals surface area contributed by atoms with Gasteiger partial charge in [0.05, 0.1) is 19.3 Å². The number of aliphatic hydroxyl groups is 1. The van der Waals surface area contributed by atoms with Crippen molar-refractivity contribution < 1.29 is 19.0 Å². The molecule has 12 heteroatoms. The fourth-order valence-electron chi connectivity index (χ4n) is 2.24. The number of nitrogens with zero attached hydrogens (tertiary/aromatic N) is 5. The summed E-state index contributed by atoms with van der Waals surface area (Å²) in [5.41, 5.74) is 6.19. The Labute approximate surface area is 121 Å². The quantitative estimate of drug-likeness (QED) is 0.419. The summed E-state index contributed by atoms with van der Waals surface area (Å²) in [5, 5.41) is 13.5. The molecule has 0 spiro atoms. The van der Waals surface area contributed by atoms with Gasteiger partial charge in [-0.3, -0.25) is 19.2 Å². The van der Waals surface area contributed by atoms with Crippen LogP contribution in [0.2, 0.25) is 0 Å². The van der Waals surface area contributed by atoms with Gasteiger partial charge in [0.15, 0.2) is 0 Å². The van der Waals surface area contributed by atoms with Crippen LogP contribution in [-0.2, 0) is 4.74 Å². The lowest BCUT2D eigenvalue weighted by molar-refractivity contribution is 0.0530. The second kappa shape index (κ2) is 5.87. The number of rotatable bonds is 2. The van der Waals surface area contributed by atoms with Crippen molar-refractivity contribution >= 4 is 6.09 Å². The highest BCUT2D eigenvalue weighted by Crippen LogP contribution is 2.29. The Balaban J connectivity index is 2.56. The van der Waals surface area contributed by atoms with E-state index >= 15 is 0 Å². The summed E-state index contributed by atoms with van der Waals surface area (Å²) in [6, 6.07) is -1.06. The number of amides is 1. The maximum atomic E-state index is 13.4. The van der Waals surface area contributed by atoms with Gasteiger partial charge in [-0.2, -0.15) is 4.39 Å². The Hall–Kier alpha value is -2.85. The molecule has 0 radical (unpaired) electrons. The summed E-state index contributed by atoms with van der Waals surface area (Å²) in [4.78, 5) is 39.7. The van der Waals surface area contributed by atoms with Crippen molar-refractivity contribution in [2.24, 2.45) is 5.11 Å². The van der Waals surface area contributed by atoms with Gasteiger partial charge in [-0.15, -0.1) is 0 Å². The smallest absolute Gasteiger partial charge is 0.411 e. The molecule has 0 unspecified atom stereocenters. The van der Waals surface area contributed by atoms with Gasteiger partial charge in [-0.25, -0.2) is 9.59 Å². The van der Waals surface area contributed by atoms with E-state index in [1.807, 2.05) is 0 Å². The Bertz CT molecular complexity index is 753. The first-order valence-electron chi connectivity index (χ1n) is 5.98. The maximum absolute atomic E-state index is 13.4. The molecule has 2 heterocycles. The van der Waals surface area contributed by atoms with E-state index in [0.717, 1.165) is 12.0 Å². The van der Waals surface area contributed by atoms with Crippen LogP contribution in [0.25, 0.3) is 10.4 Å². The van der Waals surface area contributed by atoms with E-state index in [1.165, 1.54) is 0 Å². The molecule has 0 saturated carbocycles. The molecular weight excluding hydrogens is 303 g/mol. The zero-order valence-corrected chi connectivity index (χ0v) is 11.2. The topological polar surface area (TPSA) is 153 Å². The molecule has 22 heavy (non-hydrogen) atoms. The molecule has 1 aromatic rings. The molecule has 118 valence electrons. The molecule has 1 aromatic heterocycles. The minimum atomic E-state index is -1.49. The number of methoxy groups -OCH3 is 1. The van der Waals surface area contributed by atoms with Gasteiger partial charge in [0.25, 0.3) is 5.56 Å². The van der Waals surface area contributed by atoms with Crippen LogP contribution in [0.15, 0.2) is 20.9 Å². The van der Waals surface area contributed by atoms with E-state index < -0.39 is 41.5 Å². The first-order chi connectivity index (χ1) is 10.4. The number of halogens is 1. The van der Waals surface area contributed by atoms with Crippen LogP contribution in [0.5, 0.6) is 0 Å². The van der Waals surface area contributed by atoms with Crippen LogP contribution in [0.1, 0.15) is 6.17 Å². The third-order valence-electron chi connectivity index (χ3n) is 3.22. The number of ether oxygens (including phenoxy) is 1. The van der Waals surface area contributed by atoms with E-state index in [0.29, 0.717) is 10.8 Å². The lowest BCUT2D eigenvalue weighted by Crippen LogP contribution is -2.44. The predicted octanol–water partition coefficient (Wildman–Crippen LogP) is -0.704. The second-order valence-corrected chi connectivity index (χ2v) is 4.44. The molecule has 1 aliphatic heterocycles. The summed E-state index contributed by atoms with van der Waals surface area (Å²) in [6.07, 6.45) is -3.23. The molecule has 1 saturated heterocycles. The van der Waals surface area contributed by atoms with E-state index in [2.05, 4.69) is 14.8 Å². The van der Waals surface area contributed by atoms with Crippen molar-refractivity contribution in [1.82, 2.24) is 14.5 Å². The Kier molecular flexibility index (Phi) is 4.15. The highest BCUT2D eigenvalue weighted by atomic mass is 19.1. The van der Waals surface area contributed by atoms with Crippen LogP contribution >= 0.6 is 0 Å². The molecule has 3 atom stereocenters. The molecule has 0 bridgehead atoms. The summed E-state index contributed by atoms with van der Waals surface area (Å²) in [5.74, 6) is -1.27. The Morgan fingerprint density at radius 1 is 1.64 bits per heavy atom. The van der Waals surface area contributed by atoms with E-state index in [9.17, 15) is 23.9 Å². The molecule has 2 rings (SSSR count). The van der Waals surface area contributed by atoms with Crippen molar-refractivity contribution in [3.8, 4) is 0 Å². The molecule has 0 aromatic carbocycles. The highest BCUT2D eigenvalue weighted by Gasteiger charge is 2.45. The summed E-state index contributed by atoms with van der Waals surface area (Å²) in [6.45, 7) is -0.240. The van der Waals surface area contributed by atoms with Crippen LogP contribution in [-0.4, -0.2) is 51.5 Å². The number of hydrogen-bond acceptors (Lipinski definition) is 6. The average molecular weight is 314 g/mol. The maximum Gasteiger partial charge on any atom is 0.411 e. The van der Waals surface area contributed by atoms with E-state index in [1.54, 1.807) is 4.98 Å². The van der Waals surface area contributed by atoms with Gasteiger partial charge in [-0.1, -0.05) is 5.11 Å². The largest absolute Gasteiger partial charge is 0.453 e. The first-order valence-corrected chi connectivity index (χ1v) is 5.98. The number of aliphatic hydroxyl groups excluding tert-OH is 1. The third kappa shape index (κ3) is 2.52. The number of aromatic amines is 1. The number of likely N-dealkylation sites (tertiary alicyclic amines) is 1. The molecule has 1 aliphatic rings. The number of carbonyl (C=O) groups is 1. The van der Waals surface area contributed by atoms with Crippen molar-refractivity contribution in [1.29, 1.82) is 0 Å². The van der Waals surface area contributed by atoms with Crippen molar-refractivity contribution in [3.63, 3.8) is 0 Å². The van der Waals surface area contributed by atoms with Gasteiger partial charge < -0.3 is 9.84 Å². The third-order valence-corrected chi connectivity index (χ3v) is 3.22. The van der Waals surface area contributed by atoms with Crippen molar-refractivity contribution in [2.45, 2.75) is 18.3 Å². The Morgan fingerprint density at radius 3 is 2.91 bits per heavy atom. The van der Waals surface area contributed by atoms with E-state index in [4.69, 9.17) is 5.53 Å². The van der Waals surface area contributed by atoms with Gasteiger partial charge in [0.1, 0.15) is 12.3 Å². The van der Waals surface area contributed by atoms with Crippen LogP contribution in [0, 0.1) is 5.82 Å². The summed E-state index contributed by atoms with van der Waals surface area (Å²) >= 11 is 0. The normalized spacial score (nSPS) is 24.0. The van der Waals surface area contributed by atoms with Crippen LogP contribution in [0.4, 0.5) is 9.18 Å². The highest BCUT2D eigenvalue weighted by molar-refractivity contribution is 5.68. The molecule has 1 fully saturated rings. The summed E-state index contributed by atoms with van der Waals surface area (Å²) < 4.78 is 18.5. The van der Waals surface area contributed by atoms with Gasteiger partial charge in [-0.05, 0) is 5.53 Å². The monoisotopic (exact) mass is 314 g/mol. The molecule has 0 aliphatic carbocycles. The Morgan fingerprint density at radius 2 is 2.32 bits per heavy atom.